The van der Waals surface area contributed by atoms with Crippen LogP contribution in [0.4, 0.5) is 5.13 Å². The van der Waals surface area contributed by atoms with Crippen LogP contribution >= 0.6 is 23.1 Å². The highest BCUT2D eigenvalue weighted by atomic mass is 35.5. The summed E-state index contributed by atoms with van der Waals surface area (Å²) in [6, 6.07) is 9.28. The molecule has 3 heterocycles. The average molecular weight is 393 g/mol. The number of anilines is 1. The van der Waals surface area contributed by atoms with Crippen LogP contribution in [0.2, 0.25) is 5.02 Å². The lowest BCUT2D eigenvalue weighted by Crippen LogP contribution is -2.56. The summed E-state index contributed by atoms with van der Waals surface area (Å²) in [5.41, 5.74) is 1.33. The molecule has 2 aromatic rings. The third kappa shape index (κ3) is 4.19. The highest BCUT2D eigenvalue weighted by Crippen LogP contribution is 2.27. The Morgan fingerprint density at radius 1 is 1.23 bits per heavy atom. The van der Waals surface area contributed by atoms with Crippen molar-refractivity contribution in [2.75, 3.05) is 31.1 Å². The fraction of sp³-hybridized carbons (Fsp3) is 0.579. The Hall–Kier alpha value is -1.21. The zero-order valence-electron chi connectivity index (χ0n) is 15.1. The van der Waals surface area contributed by atoms with Gasteiger partial charge < -0.3 is 9.64 Å². The number of hydrogen-bond donors (Lipinski definition) is 0. The molecule has 1 aromatic heterocycles. The van der Waals surface area contributed by atoms with Crippen molar-refractivity contribution in [1.29, 1.82) is 0 Å². The molecule has 140 valence electrons. The van der Waals surface area contributed by atoms with Crippen molar-refractivity contribution in [1.82, 2.24) is 14.3 Å². The summed E-state index contributed by atoms with van der Waals surface area (Å²) in [5, 5.41) is 1.85. The van der Waals surface area contributed by atoms with Crippen LogP contribution in [0, 0.1) is 0 Å². The van der Waals surface area contributed by atoms with E-state index in [0.29, 0.717) is 18.2 Å². The summed E-state index contributed by atoms with van der Waals surface area (Å²) in [7, 11) is 0. The molecule has 0 radical (unpaired) electrons. The number of halogens is 1. The molecule has 0 unspecified atom stereocenters. The van der Waals surface area contributed by atoms with Gasteiger partial charge in [-0.1, -0.05) is 23.7 Å². The highest BCUT2D eigenvalue weighted by molar-refractivity contribution is 7.09. The van der Waals surface area contributed by atoms with E-state index in [1.807, 2.05) is 12.1 Å². The predicted octanol–water partition coefficient (Wildman–Crippen LogP) is 3.49. The van der Waals surface area contributed by atoms with E-state index in [2.05, 4.69) is 38.2 Å². The summed E-state index contributed by atoms with van der Waals surface area (Å²) >= 11 is 7.52. The standard InChI is InChI=1S/C19H25ClN4OS/c1-14-11-24(17-6-8-23(9-7-17)19-21-13-22-26-19)18(12-25-14)10-15-2-4-16(20)5-3-15/h2-5,13-14,17-18H,6-12H2,1H3/t14-,18-/m0/s1. The van der Waals surface area contributed by atoms with Gasteiger partial charge in [-0.25, -0.2) is 4.98 Å². The number of hydrogen-bond acceptors (Lipinski definition) is 6. The summed E-state index contributed by atoms with van der Waals surface area (Å²) < 4.78 is 10.1. The summed E-state index contributed by atoms with van der Waals surface area (Å²) in [6.07, 6.45) is 5.31. The first-order chi connectivity index (χ1) is 12.7. The van der Waals surface area contributed by atoms with Crippen LogP contribution in [0.1, 0.15) is 25.3 Å². The van der Waals surface area contributed by atoms with Crippen LogP contribution in [-0.4, -0.2) is 58.7 Å². The largest absolute Gasteiger partial charge is 0.376 e. The lowest BCUT2D eigenvalue weighted by atomic mass is 9.96. The van der Waals surface area contributed by atoms with Gasteiger partial charge in [0, 0.05) is 48.3 Å². The molecule has 1 aromatic carbocycles. The summed E-state index contributed by atoms with van der Waals surface area (Å²) in [4.78, 5) is 9.42. The fourth-order valence-electron chi connectivity index (χ4n) is 4.08. The van der Waals surface area contributed by atoms with Crippen molar-refractivity contribution in [3.63, 3.8) is 0 Å². The number of benzene rings is 1. The van der Waals surface area contributed by atoms with E-state index in [4.69, 9.17) is 16.3 Å². The van der Waals surface area contributed by atoms with Gasteiger partial charge in [0.2, 0.25) is 5.13 Å². The predicted molar refractivity (Wildman–Crippen MR) is 106 cm³/mol. The van der Waals surface area contributed by atoms with Gasteiger partial charge >= 0.3 is 0 Å². The zero-order chi connectivity index (χ0) is 17.9. The summed E-state index contributed by atoms with van der Waals surface area (Å²) in [6.45, 7) is 6.11. The van der Waals surface area contributed by atoms with Gasteiger partial charge in [-0.3, -0.25) is 4.90 Å². The third-order valence-electron chi connectivity index (χ3n) is 5.45. The van der Waals surface area contributed by atoms with Crippen LogP contribution in [0.5, 0.6) is 0 Å². The lowest BCUT2D eigenvalue weighted by molar-refractivity contribution is -0.0744. The molecule has 0 bridgehead atoms. The molecule has 5 nitrogen and oxygen atoms in total. The molecular weight excluding hydrogens is 368 g/mol. The Morgan fingerprint density at radius 2 is 2.00 bits per heavy atom. The minimum Gasteiger partial charge on any atom is -0.376 e. The van der Waals surface area contributed by atoms with Crippen LogP contribution in [0.3, 0.4) is 0 Å². The maximum atomic E-state index is 6.03. The van der Waals surface area contributed by atoms with Crippen LogP contribution in [0.25, 0.3) is 0 Å². The van der Waals surface area contributed by atoms with E-state index in [1.165, 1.54) is 29.9 Å². The highest BCUT2D eigenvalue weighted by Gasteiger charge is 2.34. The first-order valence-electron chi connectivity index (χ1n) is 9.32. The van der Waals surface area contributed by atoms with E-state index in [1.54, 1.807) is 6.33 Å². The smallest absolute Gasteiger partial charge is 0.204 e. The first-order valence-corrected chi connectivity index (χ1v) is 10.5. The van der Waals surface area contributed by atoms with E-state index >= 15 is 0 Å². The van der Waals surface area contributed by atoms with E-state index in [0.717, 1.165) is 42.8 Å². The number of rotatable bonds is 4. The van der Waals surface area contributed by atoms with Gasteiger partial charge in [-0.15, -0.1) is 0 Å². The summed E-state index contributed by atoms with van der Waals surface area (Å²) in [5.74, 6) is 0. The quantitative estimate of drug-likeness (QED) is 0.796. The number of ether oxygens (including phenoxy) is 1. The van der Waals surface area contributed by atoms with Crippen molar-refractivity contribution >= 4 is 28.3 Å². The second kappa shape index (κ2) is 8.21. The monoisotopic (exact) mass is 392 g/mol. The van der Waals surface area contributed by atoms with E-state index in [9.17, 15) is 0 Å². The van der Waals surface area contributed by atoms with Crippen LogP contribution in [0.15, 0.2) is 30.6 Å². The molecule has 26 heavy (non-hydrogen) atoms. The average Bonchev–Trinajstić information content (AvgIpc) is 3.20. The van der Waals surface area contributed by atoms with Gasteiger partial charge in [-0.2, -0.15) is 4.37 Å². The zero-order valence-corrected chi connectivity index (χ0v) is 16.6. The normalized spacial score (nSPS) is 25.5. The number of morpholine rings is 1. The van der Waals surface area contributed by atoms with Crippen LogP contribution < -0.4 is 4.90 Å². The molecule has 4 rings (SSSR count). The van der Waals surface area contributed by atoms with Gasteiger partial charge in [0.1, 0.15) is 6.33 Å². The Morgan fingerprint density at radius 3 is 2.69 bits per heavy atom. The molecular formula is C19H25ClN4OS. The maximum absolute atomic E-state index is 6.03. The van der Waals surface area contributed by atoms with Crippen molar-refractivity contribution in [3.05, 3.63) is 41.2 Å². The van der Waals surface area contributed by atoms with Gasteiger partial charge in [-0.05, 0) is 43.9 Å². The Labute approximate surface area is 164 Å². The van der Waals surface area contributed by atoms with Gasteiger partial charge in [0.05, 0.1) is 12.7 Å². The molecule has 2 fully saturated rings. The number of aromatic nitrogens is 2. The molecule has 0 spiro atoms. The molecule has 2 saturated heterocycles. The molecule has 0 amide bonds. The molecule has 0 N–H and O–H groups in total. The lowest BCUT2D eigenvalue weighted by Gasteiger charge is -2.46. The topological polar surface area (TPSA) is 41.5 Å². The second-order valence-electron chi connectivity index (χ2n) is 7.27. The molecule has 2 atom stereocenters. The first kappa shape index (κ1) is 18.2. The Kier molecular flexibility index (Phi) is 5.74. The second-order valence-corrected chi connectivity index (χ2v) is 8.46. The third-order valence-corrected chi connectivity index (χ3v) is 6.43. The van der Waals surface area contributed by atoms with Gasteiger partial charge in [0.15, 0.2) is 0 Å². The minimum atomic E-state index is 0.303. The maximum Gasteiger partial charge on any atom is 0.204 e. The van der Waals surface area contributed by atoms with Crippen molar-refractivity contribution < 1.29 is 4.74 Å². The van der Waals surface area contributed by atoms with Crippen molar-refractivity contribution in [3.8, 4) is 0 Å². The molecule has 0 aliphatic carbocycles. The molecule has 7 heteroatoms. The van der Waals surface area contributed by atoms with Gasteiger partial charge in [0.25, 0.3) is 0 Å². The van der Waals surface area contributed by atoms with Crippen molar-refractivity contribution in [2.24, 2.45) is 0 Å². The minimum absolute atomic E-state index is 0.303. The fourth-order valence-corrected chi connectivity index (χ4v) is 4.79. The van der Waals surface area contributed by atoms with E-state index < -0.39 is 0 Å². The van der Waals surface area contributed by atoms with Crippen molar-refractivity contribution in [2.45, 2.75) is 44.4 Å². The SMILES string of the molecule is C[C@H]1CN(C2CCN(c3ncns3)CC2)[C@@H](Cc2ccc(Cl)cc2)CO1. The molecule has 2 aliphatic heterocycles. The Bertz CT molecular complexity index is 688. The van der Waals surface area contributed by atoms with Crippen LogP contribution in [-0.2, 0) is 11.2 Å². The number of nitrogens with zero attached hydrogens (tertiary/aromatic N) is 4. The number of piperidine rings is 1. The molecule has 2 aliphatic rings. The molecule has 0 saturated carbocycles. The van der Waals surface area contributed by atoms with E-state index in [-0.39, 0.29) is 0 Å². The Balaban J connectivity index is 1.41.